The normalized spacial score (nSPS) is 20.5. The van der Waals surface area contributed by atoms with E-state index in [-0.39, 0.29) is 26.1 Å². The van der Waals surface area contributed by atoms with Gasteiger partial charge in [0.15, 0.2) is 0 Å². The van der Waals surface area contributed by atoms with Crippen molar-refractivity contribution in [2.24, 2.45) is 0 Å². The summed E-state index contributed by atoms with van der Waals surface area (Å²) in [6.45, 7) is 1.82. The second-order valence-electron chi connectivity index (χ2n) is 7.83. The van der Waals surface area contributed by atoms with Crippen LogP contribution in [0.5, 0.6) is 0 Å². The number of carbonyl (C=O) groups is 1. The number of hydrogen-bond donors (Lipinski definition) is 1. The third kappa shape index (κ3) is 8.05. The number of nitrogens with one attached hydrogen (secondary N) is 1. The first-order valence-corrected chi connectivity index (χ1v) is 11.0. The second-order valence-corrected chi connectivity index (χ2v) is 7.83. The number of halogens is 3. The van der Waals surface area contributed by atoms with Crippen LogP contribution in [-0.2, 0) is 25.2 Å². The molecule has 0 unspecified atom stereocenters. The number of rotatable bonds is 12. The van der Waals surface area contributed by atoms with Crippen molar-refractivity contribution in [3.63, 3.8) is 0 Å². The Labute approximate surface area is 189 Å². The van der Waals surface area contributed by atoms with Gasteiger partial charge in [-0.15, -0.1) is 6.42 Å². The Kier molecular flexibility index (Phi) is 10.2. The van der Waals surface area contributed by atoms with Crippen LogP contribution in [0.1, 0.15) is 70.1 Å². The average molecular weight is 474 g/mol. The molecule has 1 aliphatic rings. The molecule has 8 nitrogen and oxygen atoms in total. The van der Waals surface area contributed by atoms with Crippen LogP contribution in [0.15, 0.2) is 15.8 Å². The molecule has 1 aromatic rings. The van der Waals surface area contributed by atoms with Gasteiger partial charge in [0.1, 0.15) is 31.1 Å². The number of unbranched alkanes of at least 4 members (excludes halogenated alkanes) is 5. The fourth-order valence-corrected chi connectivity index (χ4v) is 3.55. The highest BCUT2D eigenvalue weighted by atomic mass is 19.4. The Hall–Kier alpha value is -2.58. The minimum absolute atomic E-state index is 0.0232. The van der Waals surface area contributed by atoms with Crippen molar-refractivity contribution in [1.82, 2.24) is 9.55 Å². The number of carbonyl (C=O) groups excluding carboxylic acids is 1. The van der Waals surface area contributed by atoms with Crippen molar-refractivity contribution < 1.29 is 32.2 Å². The lowest BCUT2D eigenvalue weighted by Crippen LogP contribution is -2.36. The van der Waals surface area contributed by atoms with Crippen molar-refractivity contribution in [2.45, 2.75) is 82.9 Å². The van der Waals surface area contributed by atoms with Gasteiger partial charge < -0.3 is 14.2 Å². The molecule has 3 atom stereocenters. The molecule has 33 heavy (non-hydrogen) atoms. The number of ether oxygens (including phenoxy) is 3. The number of esters is 1. The van der Waals surface area contributed by atoms with Gasteiger partial charge in [0.25, 0.3) is 5.56 Å². The summed E-state index contributed by atoms with van der Waals surface area (Å²) in [7, 11) is 0. The largest absolute Gasteiger partial charge is 0.463 e. The Morgan fingerprint density at radius 2 is 1.97 bits per heavy atom. The average Bonchev–Trinajstić information content (AvgIpc) is 3.15. The van der Waals surface area contributed by atoms with E-state index in [2.05, 4.69) is 12.8 Å². The van der Waals surface area contributed by atoms with Gasteiger partial charge in [0.05, 0.1) is 6.10 Å². The lowest BCUT2D eigenvalue weighted by atomic mass is 10.1. The lowest BCUT2D eigenvalue weighted by Gasteiger charge is -2.18. The van der Waals surface area contributed by atoms with E-state index in [9.17, 15) is 27.6 Å². The number of alkyl halides is 3. The molecule has 0 amide bonds. The lowest BCUT2D eigenvalue weighted by molar-refractivity contribution is -0.151. The van der Waals surface area contributed by atoms with E-state index in [0.29, 0.717) is 17.2 Å². The summed E-state index contributed by atoms with van der Waals surface area (Å²) < 4.78 is 56.3. The molecule has 1 saturated heterocycles. The summed E-state index contributed by atoms with van der Waals surface area (Å²) >= 11 is 0. The molecule has 2 rings (SSSR count). The van der Waals surface area contributed by atoms with Crippen LogP contribution in [0.3, 0.4) is 0 Å². The van der Waals surface area contributed by atoms with Crippen LogP contribution < -0.4 is 11.2 Å². The Morgan fingerprint density at radius 3 is 2.64 bits per heavy atom. The molecule has 0 spiro atoms. The van der Waals surface area contributed by atoms with Crippen molar-refractivity contribution in [3.8, 4) is 12.3 Å². The predicted octanol–water partition coefficient (Wildman–Crippen LogP) is 3.16. The predicted molar refractivity (Wildman–Crippen MR) is 112 cm³/mol. The summed E-state index contributed by atoms with van der Waals surface area (Å²) in [5, 5.41) is 0. The summed E-state index contributed by atoms with van der Waals surface area (Å²) in [5.41, 5.74) is -4.13. The van der Waals surface area contributed by atoms with E-state index >= 15 is 0 Å². The first-order chi connectivity index (χ1) is 15.7. The summed E-state index contributed by atoms with van der Waals surface area (Å²) in [4.78, 5) is 37.3. The van der Waals surface area contributed by atoms with E-state index < -0.39 is 47.4 Å². The van der Waals surface area contributed by atoms with Crippen LogP contribution in [0.4, 0.5) is 13.2 Å². The zero-order chi connectivity index (χ0) is 24.4. The fraction of sp³-hybridized carbons (Fsp3) is 0.682. The highest BCUT2D eigenvalue weighted by Gasteiger charge is 2.40. The van der Waals surface area contributed by atoms with Crippen molar-refractivity contribution >= 4 is 5.97 Å². The zero-order valence-electron chi connectivity index (χ0n) is 18.5. The quantitative estimate of drug-likeness (QED) is 0.284. The first-order valence-electron chi connectivity index (χ1n) is 11.0. The fourth-order valence-electron chi connectivity index (χ4n) is 3.55. The van der Waals surface area contributed by atoms with Crippen LogP contribution >= 0.6 is 0 Å². The zero-order valence-corrected chi connectivity index (χ0v) is 18.5. The van der Waals surface area contributed by atoms with Gasteiger partial charge in [-0.25, -0.2) is 4.79 Å². The highest BCUT2D eigenvalue weighted by molar-refractivity contribution is 5.69. The first kappa shape index (κ1) is 26.7. The molecule has 0 aromatic carbocycles. The summed E-state index contributed by atoms with van der Waals surface area (Å²) in [6, 6.07) is 0. The maximum atomic E-state index is 13.1. The maximum absolute atomic E-state index is 13.1. The molecular weight excluding hydrogens is 445 g/mol. The van der Waals surface area contributed by atoms with Gasteiger partial charge >= 0.3 is 17.8 Å². The molecule has 2 heterocycles. The van der Waals surface area contributed by atoms with Crippen LogP contribution in [-0.4, -0.2) is 40.9 Å². The highest BCUT2D eigenvalue weighted by Crippen LogP contribution is 2.32. The van der Waals surface area contributed by atoms with E-state index in [1.165, 1.54) is 0 Å². The van der Waals surface area contributed by atoms with Gasteiger partial charge in [-0.05, 0) is 6.42 Å². The third-order valence-corrected chi connectivity index (χ3v) is 5.29. The molecule has 1 aromatic heterocycles. The SMILES string of the molecule is C#CCO[C@H]1C[C@H](n2cc(C(F)(F)F)c(=O)[nH]c2=O)O[C@@H]1COC(=O)CCCCCCCC. The molecule has 0 saturated carbocycles. The van der Waals surface area contributed by atoms with E-state index in [4.69, 9.17) is 20.6 Å². The molecule has 0 bridgehead atoms. The van der Waals surface area contributed by atoms with Crippen LogP contribution in [0, 0.1) is 12.3 Å². The smallest absolute Gasteiger partial charge is 0.423 e. The number of nitrogens with zero attached hydrogens (tertiary/aromatic N) is 1. The van der Waals surface area contributed by atoms with Gasteiger partial charge in [-0.1, -0.05) is 44.9 Å². The Bertz CT molecular complexity index is 934. The van der Waals surface area contributed by atoms with Crippen molar-refractivity contribution in [3.05, 3.63) is 32.6 Å². The van der Waals surface area contributed by atoms with E-state index in [1.54, 1.807) is 4.98 Å². The van der Waals surface area contributed by atoms with E-state index in [0.717, 1.165) is 32.1 Å². The molecule has 184 valence electrons. The number of aromatic amines is 1. The number of H-pyrrole nitrogens is 1. The molecule has 11 heteroatoms. The van der Waals surface area contributed by atoms with Gasteiger partial charge in [-0.3, -0.25) is 19.1 Å². The Morgan fingerprint density at radius 1 is 1.27 bits per heavy atom. The minimum atomic E-state index is -4.95. The van der Waals surface area contributed by atoms with Crippen molar-refractivity contribution in [1.29, 1.82) is 0 Å². The number of hydrogen-bond acceptors (Lipinski definition) is 6. The third-order valence-electron chi connectivity index (χ3n) is 5.29. The summed E-state index contributed by atoms with van der Waals surface area (Å²) in [5.74, 6) is 1.86. The van der Waals surface area contributed by atoms with E-state index in [1.807, 2.05) is 0 Å². The van der Waals surface area contributed by atoms with Gasteiger partial charge in [0, 0.05) is 19.0 Å². The molecule has 1 N–H and O–H groups in total. The van der Waals surface area contributed by atoms with Gasteiger partial charge in [-0.2, -0.15) is 13.2 Å². The van der Waals surface area contributed by atoms with Crippen LogP contribution in [0.25, 0.3) is 0 Å². The van der Waals surface area contributed by atoms with Crippen LogP contribution in [0.2, 0.25) is 0 Å². The molecule has 0 radical (unpaired) electrons. The van der Waals surface area contributed by atoms with Crippen molar-refractivity contribution in [2.75, 3.05) is 13.2 Å². The monoisotopic (exact) mass is 474 g/mol. The number of terminal acetylenes is 1. The molecular formula is C22H29F3N2O6. The van der Waals surface area contributed by atoms with Gasteiger partial charge in [0.2, 0.25) is 0 Å². The second kappa shape index (κ2) is 12.6. The molecule has 1 fully saturated rings. The molecule has 0 aliphatic carbocycles. The number of aromatic nitrogens is 2. The minimum Gasteiger partial charge on any atom is -0.463 e. The standard InChI is InChI=1S/C22H29F3N2O6/c1-3-5-6-7-8-9-10-19(28)32-14-17-16(31-11-4-2)12-18(33-17)27-13-15(22(23,24)25)20(29)26-21(27)30/h2,13,16-18H,3,5-12,14H2,1H3,(H,26,29,30)/t16-,17+,18+/m0/s1. The topological polar surface area (TPSA) is 99.6 Å². The Balaban J connectivity index is 2.01. The maximum Gasteiger partial charge on any atom is 0.423 e. The summed E-state index contributed by atoms with van der Waals surface area (Å²) in [6.07, 6.45) is 4.23. The molecule has 1 aliphatic heterocycles.